The van der Waals surface area contributed by atoms with Gasteiger partial charge in [-0.15, -0.1) is 0 Å². The molecule has 0 aromatic heterocycles. The van der Waals surface area contributed by atoms with E-state index in [4.69, 9.17) is 23.7 Å². The molecule has 0 aliphatic heterocycles. The topological polar surface area (TPSA) is 114 Å². The third-order valence-electron chi connectivity index (χ3n) is 11.5. The number of rotatable bonds is 27. The Morgan fingerprint density at radius 1 is 0.645 bits per heavy atom. The van der Waals surface area contributed by atoms with Gasteiger partial charge in [-0.1, -0.05) is 84.0 Å². The van der Waals surface area contributed by atoms with E-state index in [9.17, 15) is 19.2 Å². The molecule has 0 saturated heterocycles. The molecule has 1 aliphatic carbocycles. The van der Waals surface area contributed by atoms with E-state index < -0.39 is 29.3 Å². The minimum Gasteiger partial charge on any atom is -0.492 e. The van der Waals surface area contributed by atoms with E-state index in [1.165, 1.54) is 62.5 Å². The van der Waals surface area contributed by atoms with Gasteiger partial charge in [0.15, 0.2) is 0 Å². The summed E-state index contributed by atoms with van der Waals surface area (Å²) in [5, 5.41) is 0. The van der Waals surface area contributed by atoms with Gasteiger partial charge in [0.2, 0.25) is 0 Å². The SMILES string of the molecule is C=C(C)C(=O)OCCCc1cc(-c2ccc(C3CCC(CCCCC)CC3)cc2CC)cc(CCCOC(=O)C(=C)C)c1OCC(CS)(COC(=O)C(=C)C)COC(=O)C(=C)C. The molecule has 0 amide bonds. The van der Waals surface area contributed by atoms with Crippen LogP contribution < -0.4 is 4.74 Å². The average Bonchev–Trinajstić information content (AvgIpc) is 3.26. The lowest BCUT2D eigenvalue weighted by Crippen LogP contribution is -2.42. The molecule has 0 heterocycles. The summed E-state index contributed by atoms with van der Waals surface area (Å²) in [6.07, 6.45) is 13.1. The molecule has 0 N–H and O–H groups in total. The number of carbonyl (C=O) groups excluding carboxylic acids is 4. The van der Waals surface area contributed by atoms with Gasteiger partial charge in [0, 0.05) is 28.0 Å². The molecule has 2 aromatic carbocycles. The lowest BCUT2D eigenvalue weighted by atomic mass is 9.76. The highest BCUT2D eigenvalue weighted by molar-refractivity contribution is 7.80. The molecule has 0 atom stereocenters. The molecule has 1 saturated carbocycles. The van der Waals surface area contributed by atoms with Crippen molar-refractivity contribution >= 4 is 36.5 Å². The molecular weight excluding hydrogens is 801 g/mol. The van der Waals surface area contributed by atoms with E-state index in [0.717, 1.165) is 34.6 Å². The van der Waals surface area contributed by atoms with Gasteiger partial charge in [0.25, 0.3) is 0 Å². The highest BCUT2D eigenvalue weighted by Crippen LogP contribution is 2.41. The third kappa shape index (κ3) is 16.3. The van der Waals surface area contributed by atoms with Crippen LogP contribution in [0, 0.1) is 11.3 Å². The Bertz CT molecular complexity index is 1820. The highest BCUT2D eigenvalue weighted by Gasteiger charge is 2.35. The number of esters is 4. The summed E-state index contributed by atoms with van der Waals surface area (Å²) >= 11 is 4.65. The molecule has 0 unspecified atom stereocenters. The zero-order valence-corrected chi connectivity index (χ0v) is 39.3. The molecule has 1 fully saturated rings. The number of carbonyl (C=O) groups is 4. The maximum atomic E-state index is 12.6. The van der Waals surface area contributed by atoms with Crippen LogP contribution in [0.5, 0.6) is 5.75 Å². The van der Waals surface area contributed by atoms with E-state index in [1.807, 2.05) is 0 Å². The first-order valence-electron chi connectivity index (χ1n) is 22.4. The number of thiol groups is 1. The molecule has 0 radical (unpaired) electrons. The van der Waals surface area contributed by atoms with Crippen molar-refractivity contribution in [2.45, 2.75) is 131 Å². The van der Waals surface area contributed by atoms with Gasteiger partial charge in [0.1, 0.15) is 25.6 Å². The second-order valence-electron chi connectivity index (χ2n) is 17.3. The number of hydrogen-bond donors (Lipinski definition) is 1. The number of benzene rings is 2. The van der Waals surface area contributed by atoms with Gasteiger partial charge in [-0.3, -0.25) is 0 Å². The number of ether oxygens (including phenoxy) is 5. The van der Waals surface area contributed by atoms with E-state index >= 15 is 0 Å². The van der Waals surface area contributed by atoms with Crippen LogP contribution in [0.1, 0.15) is 134 Å². The summed E-state index contributed by atoms with van der Waals surface area (Å²) in [5.74, 6) is 0.0475. The van der Waals surface area contributed by atoms with Crippen molar-refractivity contribution < 1.29 is 42.9 Å². The molecule has 0 bridgehead atoms. The van der Waals surface area contributed by atoms with E-state index in [1.54, 1.807) is 27.7 Å². The Kier molecular flexibility index (Phi) is 21.8. The fraction of sp³-hybridized carbons (Fsp3) is 0.538. The minimum atomic E-state index is -1.06. The first-order valence-corrected chi connectivity index (χ1v) is 23.0. The van der Waals surface area contributed by atoms with Crippen molar-refractivity contribution in [3.8, 4) is 16.9 Å². The summed E-state index contributed by atoms with van der Waals surface area (Å²) in [7, 11) is 0. The normalized spacial score (nSPS) is 15.0. The van der Waals surface area contributed by atoms with Crippen LogP contribution in [0.3, 0.4) is 0 Å². The predicted octanol–water partition coefficient (Wildman–Crippen LogP) is 11.4. The molecule has 3 rings (SSSR count). The van der Waals surface area contributed by atoms with Crippen molar-refractivity contribution in [1.82, 2.24) is 0 Å². The molecule has 340 valence electrons. The van der Waals surface area contributed by atoms with Gasteiger partial charge < -0.3 is 23.7 Å². The van der Waals surface area contributed by atoms with E-state index in [2.05, 4.69) is 83.1 Å². The highest BCUT2D eigenvalue weighted by atomic mass is 32.1. The van der Waals surface area contributed by atoms with E-state index in [0.29, 0.717) is 48.5 Å². The van der Waals surface area contributed by atoms with Crippen LogP contribution in [0.25, 0.3) is 11.1 Å². The maximum absolute atomic E-state index is 12.6. The number of unbranched alkanes of at least 4 members (excludes halogenated alkanes) is 2. The quantitative estimate of drug-likeness (QED) is 0.0308. The first-order chi connectivity index (χ1) is 29.5. The van der Waals surface area contributed by atoms with Crippen LogP contribution in [-0.2, 0) is 57.4 Å². The Labute approximate surface area is 377 Å². The second kappa shape index (κ2) is 26.1. The van der Waals surface area contributed by atoms with Gasteiger partial charge in [0.05, 0.1) is 18.6 Å². The van der Waals surface area contributed by atoms with Gasteiger partial charge in [-0.2, -0.15) is 12.6 Å². The fourth-order valence-corrected chi connectivity index (χ4v) is 7.92. The Morgan fingerprint density at radius 3 is 1.60 bits per heavy atom. The summed E-state index contributed by atoms with van der Waals surface area (Å²) in [6, 6.07) is 11.2. The molecule has 9 nitrogen and oxygen atoms in total. The Hall–Kier alpha value is -4.57. The van der Waals surface area contributed by atoms with Crippen LogP contribution in [0.15, 0.2) is 78.9 Å². The lowest BCUT2D eigenvalue weighted by molar-refractivity contribution is -0.149. The summed E-state index contributed by atoms with van der Waals surface area (Å²) in [5.41, 5.74) is 6.61. The molecule has 62 heavy (non-hydrogen) atoms. The Balaban J connectivity index is 2.11. The molecule has 0 spiro atoms. The molecular formula is C52H72O9S. The minimum absolute atomic E-state index is 0.0339. The predicted molar refractivity (Wildman–Crippen MR) is 252 cm³/mol. The van der Waals surface area contributed by atoms with Crippen LogP contribution in [-0.4, -0.2) is 62.7 Å². The zero-order chi connectivity index (χ0) is 45.8. The molecule has 1 aliphatic rings. The maximum Gasteiger partial charge on any atom is 0.333 e. The summed E-state index contributed by atoms with van der Waals surface area (Å²) < 4.78 is 29.1. The fourth-order valence-electron chi connectivity index (χ4n) is 7.65. The van der Waals surface area contributed by atoms with Crippen LogP contribution >= 0.6 is 12.6 Å². The summed E-state index contributed by atoms with van der Waals surface area (Å²) in [4.78, 5) is 49.8. The van der Waals surface area contributed by atoms with Crippen molar-refractivity contribution in [3.05, 3.63) is 101 Å². The average molecular weight is 873 g/mol. The standard InChI is InChI=1S/C52H72O9S/c1-11-13-14-17-39-20-22-41(23-21-39)42-24-25-46(40(12-2)28-42)45-29-43(18-15-26-57-48(53)35(3)4)47(44(30-45)19-16-27-58-49(54)36(5)6)59-31-52(34-62,32-60-50(55)37(7)8)33-61-51(56)38(9)10/h24-25,28-30,39,41,62H,3,5,7,9,11-23,26-27,31-34H2,1-2,4,6,8,10H3. The third-order valence-corrected chi connectivity index (χ3v) is 12.2. The lowest BCUT2D eigenvalue weighted by Gasteiger charge is -2.32. The molecule has 2 aromatic rings. The summed E-state index contributed by atoms with van der Waals surface area (Å²) in [6.45, 7) is 25.6. The Morgan fingerprint density at radius 2 is 1.15 bits per heavy atom. The van der Waals surface area contributed by atoms with Crippen molar-refractivity contribution in [2.24, 2.45) is 11.3 Å². The molecule has 10 heteroatoms. The van der Waals surface area contributed by atoms with Crippen LogP contribution in [0.4, 0.5) is 0 Å². The van der Waals surface area contributed by atoms with Gasteiger partial charge in [-0.25, -0.2) is 19.2 Å². The van der Waals surface area contributed by atoms with Crippen molar-refractivity contribution in [3.63, 3.8) is 0 Å². The number of aryl methyl sites for hydroxylation is 3. The first kappa shape index (κ1) is 51.8. The smallest absolute Gasteiger partial charge is 0.333 e. The van der Waals surface area contributed by atoms with Crippen LogP contribution in [0.2, 0.25) is 0 Å². The van der Waals surface area contributed by atoms with Gasteiger partial charge >= 0.3 is 23.9 Å². The zero-order valence-electron chi connectivity index (χ0n) is 38.4. The monoisotopic (exact) mass is 872 g/mol. The second-order valence-corrected chi connectivity index (χ2v) is 17.6. The van der Waals surface area contributed by atoms with Crippen molar-refractivity contribution in [2.75, 3.05) is 38.8 Å². The largest absolute Gasteiger partial charge is 0.492 e. The van der Waals surface area contributed by atoms with Crippen molar-refractivity contribution in [1.29, 1.82) is 0 Å². The number of hydrogen-bond acceptors (Lipinski definition) is 10. The van der Waals surface area contributed by atoms with E-state index in [-0.39, 0.29) is 49.9 Å². The van der Waals surface area contributed by atoms with Gasteiger partial charge in [-0.05, 0) is 143 Å².